The molecule has 2 rings (SSSR count). The Labute approximate surface area is 145 Å². The van der Waals surface area contributed by atoms with Crippen LogP contribution >= 0.6 is 34.5 Å². The Bertz CT molecular complexity index is 690. The summed E-state index contributed by atoms with van der Waals surface area (Å²) in [5.74, 6) is -2.04. The standard InChI is InChI=1S/C13H8AsCl2F3NOS/c15-9-5-7(14-6-8-2-4-11(16)22-8)1-3-10(9)20-12(21)13(17,18)19/h1-5H,6H2,(H,20,21). The second-order valence-corrected chi connectivity index (χ2v) is 8.76. The van der Waals surface area contributed by atoms with Gasteiger partial charge in [0.2, 0.25) is 0 Å². The Morgan fingerprint density at radius 2 is 1.95 bits per heavy atom. The molecule has 2 nitrogen and oxygen atoms in total. The van der Waals surface area contributed by atoms with Crippen LogP contribution in [0.1, 0.15) is 4.88 Å². The number of hydrogen-bond acceptors (Lipinski definition) is 2. The van der Waals surface area contributed by atoms with E-state index in [2.05, 4.69) is 0 Å². The average molecular weight is 429 g/mol. The number of carbonyl (C=O) groups is 1. The van der Waals surface area contributed by atoms with E-state index in [1.165, 1.54) is 17.4 Å². The SMILES string of the molecule is O=C(Nc1ccc([As]Cc2ccc(Cl)s2)cc1Cl)C(F)(F)F. The van der Waals surface area contributed by atoms with Gasteiger partial charge in [-0.15, -0.1) is 0 Å². The molecule has 1 N–H and O–H groups in total. The van der Waals surface area contributed by atoms with Gasteiger partial charge in [0.1, 0.15) is 0 Å². The first-order valence-electron chi connectivity index (χ1n) is 5.85. The van der Waals surface area contributed by atoms with Crippen LogP contribution in [0, 0.1) is 0 Å². The molecular weight excluding hydrogens is 421 g/mol. The van der Waals surface area contributed by atoms with Crippen LogP contribution in [0.3, 0.4) is 0 Å². The van der Waals surface area contributed by atoms with Crippen molar-refractivity contribution in [1.29, 1.82) is 0 Å². The summed E-state index contributed by atoms with van der Waals surface area (Å²) in [5.41, 5.74) is -0.0480. The molecule has 1 amide bonds. The second-order valence-electron chi connectivity index (χ2n) is 4.14. The Balaban J connectivity index is 2.01. The number of amides is 1. The van der Waals surface area contributed by atoms with Crippen molar-refractivity contribution in [3.63, 3.8) is 0 Å². The maximum absolute atomic E-state index is 12.2. The van der Waals surface area contributed by atoms with Crippen LogP contribution in [-0.2, 0) is 10.0 Å². The van der Waals surface area contributed by atoms with Gasteiger partial charge in [0.25, 0.3) is 0 Å². The number of rotatable bonds is 4. The van der Waals surface area contributed by atoms with Gasteiger partial charge in [0.05, 0.1) is 0 Å². The summed E-state index contributed by atoms with van der Waals surface area (Å²) in [5, 5.41) is 2.69. The van der Waals surface area contributed by atoms with E-state index in [1.54, 1.807) is 17.4 Å². The topological polar surface area (TPSA) is 29.1 Å². The zero-order valence-corrected chi connectivity index (χ0v) is 15.0. The fourth-order valence-corrected chi connectivity index (χ4v) is 5.36. The molecule has 0 fully saturated rings. The molecule has 1 heterocycles. The summed E-state index contributed by atoms with van der Waals surface area (Å²) in [6, 6.07) is 8.42. The maximum atomic E-state index is 12.2. The van der Waals surface area contributed by atoms with E-state index < -0.39 is 12.1 Å². The van der Waals surface area contributed by atoms with Crippen molar-refractivity contribution < 1.29 is 18.0 Å². The molecule has 9 heteroatoms. The fourth-order valence-electron chi connectivity index (χ4n) is 1.50. The normalized spacial score (nSPS) is 12.0. The van der Waals surface area contributed by atoms with E-state index in [9.17, 15) is 18.0 Å². The zero-order chi connectivity index (χ0) is 16.3. The molecule has 1 radical (unpaired) electrons. The molecule has 0 spiro atoms. The molecule has 0 aliphatic heterocycles. The molecular formula is C13H8AsCl2F3NOS. The van der Waals surface area contributed by atoms with Crippen molar-refractivity contribution in [3.05, 3.63) is 44.6 Å². The Kier molecular flexibility index (Phi) is 5.83. The Morgan fingerprint density at radius 3 is 2.50 bits per heavy atom. The van der Waals surface area contributed by atoms with Gasteiger partial charge in [-0.1, -0.05) is 0 Å². The molecule has 1 aromatic carbocycles. The monoisotopic (exact) mass is 428 g/mol. The van der Waals surface area contributed by atoms with Crippen LogP contribution in [0.15, 0.2) is 30.3 Å². The molecule has 1 aromatic heterocycles. The van der Waals surface area contributed by atoms with Gasteiger partial charge in [-0.25, -0.2) is 0 Å². The van der Waals surface area contributed by atoms with Crippen LogP contribution in [0.2, 0.25) is 9.36 Å². The van der Waals surface area contributed by atoms with Crippen LogP contribution in [0.25, 0.3) is 0 Å². The van der Waals surface area contributed by atoms with Gasteiger partial charge in [-0.3, -0.25) is 0 Å². The number of alkyl halides is 3. The van der Waals surface area contributed by atoms with E-state index in [0.717, 1.165) is 18.8 Å². The number of carbonyl (C=O) groups excluding carboxylic acids is 1. The summed E-state index contributed by atoms with van der Waals surface area (Å²) in [6.45, 7) is 0. The minimum absolute atomic E-state index is 0.0480. The first-order valence-corrected chi connectivity index (χ1v) is 9.69. The predicted octanol–water partition coefficient (Wildman–Crippen LogP) is 4.09. The number of thiophene rings is 1. The molecule has 0 aliphatic carbocycles. The molecule has 0 atom stereocenters. The third-order valence-electron chi connectivity index (χ3n) is 2.50. The van der Waals surface area contributed by atoms with Crippen LogP contribution in [-0.4, -0.2) is 27.8 Å². The second kappa shape index (κ2) is 7.26. The predicted molar refractivity (Wildman–Crippen MR) is 84.6 cm³/mol. The summed E-state index contributed by atoms with van der Waals surface area (Å²) >= 11 is 13.0. The average Bonchev–Trinajstić information content (AvgIpc) is 2.84. The van der Waals surface area contributed by atoms with Gasteiger partial charge in [0, 0.05) is 0 Å². The number of nitrogens with one attached hydrogen (secondary N) is 1. The molecule has 0 aliphatic rings. The van der Waals surface area contributed by atoms with E-state index >= 15 is 0 Å². The van der Waals surface area contributed by atoms with Gasteiger partial charge >= 0.3 is 145 Å². The van der Waals surface area contributed by atoms with Crippen LogP contribution in [0.5, 0.6) is 0 Å². The Hall–Kier alpha value is -0.682. The molecule has 0 unspecified atom stereocenters. The van der Waals surface area contributed by atoms with Gasteiger partial charge in [-0.2, -0.15) is 0 Å². The first kappa shape index (κ1) is 17.7. The van der Waals surface area contributed by atoms with Crippen molar-refractivity contribution in [3.8, 4) is 0 Å². The van der Waals surface area contributed by atoms with Crippen LogP contribution < -0.4 is 9.67 Å². The van der Waals surface area contributed by atoms with Gasteiger partial charge in [0.15, 0.2) is 0 Å². The van der Waals surface area contributed by atoms with Crippen molar-refractivity contribution in [1.82, 2.24) is 0 Å². The number of halogens is 5. The minimum atomic E-state index is -4.94. The Morgan fingerprint density at radius 1 is 1.23 bits per heavy atom. The fraction of sp³-hybridized carbons (Fsp3) is 0.154. The molecule has 117 valence electrons. The van der Waals surface area contributed by atoms with E-state index in [1.807, 2.05) is 12.1 Å². The van der Waals surface area contributed by atoms with Crippen molar-refractivity contribution in [2.24, 2.45) is 0 Å². The number of benzene rings is 1. The zero-order valence-electron chi connectivity index (χ0n) is 10.7. The molecule has 2 aromatic rings. The molecule has 22 heavy (non-hydrogen) atoms. The van der Waals surface area contributed by atoms with Gasteiger partial charge in [-0.05, 0) is 0 Å². The van der Waals surface area contributed by atoms with E-state index in [0.29, 0.717) is 0 Å². The molecule has 0 saturated heterocycles. The first-order chi connectivity index (χ1) is 10.3. The third kappa shape index (κ3) is 4.91. The van der Waals surface area contributed by atoms with Gasteiger partial charge < -0.3 is 0 Å². The number of anilines is 1. The quantitative estimate of drug-likeness (QED) is 0.730. The van der Waals surface area contributed by atoms with E-state index in [-0.39, 0.29) is 26.5 Å². The summed E-state index contributed by atoms with van der Waals surface area (Å²) < 4.78 is 38.3. The summed E-state index contributed by atoms with van der Waals surface area (Å²) in [7, 11) is 0. The molecule has 0 bridgehead atoms. The summed E-state index contributed by atoms with van der Waals surface area (Å²) in [4.78, 5) is 12.0. The third-order valence-corrected chi connectivity index (χ3v) is 6.91. The van der Waals surface area contributed by atoms with Crippen LogP contribution in [0.4, 0.5) is 18.9 Å². The summed E-state index contributed by atoms with van der Waals surface area (Å²) in [6.07, 6.45) is -4.94. The molecule has 0 saturated carbocycles. The van der Waals surface area contributed by atoms with Crippen molar-refractivity contribution in [2.75, 3.05) is 5.32 Å². The van der Waals surface area contributed by atoms with E-state index in [4.69, 9.17) is 23.2 Å². The number of hydrogen-bond donors (Lipinski definition) is 1. The van der Waals surface area contributed by atoms with Crippen molar-refractivity contribution >= 4 is 66.2 Å². The van der Waals surface area contributed by atoms with Crippen molar-refractivity contribution in [2.45, 2.75) is 11.4 Å².